The third-order valence-corrected chi connectivity index (χ3v) is 3.90. The number of hydrogen-bond donors (Lipinski definition) is 2. The highest BCUT2D eigenvalue weighted by Crippen LogP contribution is 2.29. The molecule has 0 bridgehead atoms. The Kier molecular flexibility index (Phi) is 5.35. The summed E-state index contributed by atoms with van der Waals surface area (Å²) in [4.78, 5) is 12.2. The van der Waals surface area contributed by atoms with E-state index in [1.54, 1.807) is 0 Å². The second-order valence-electron chi connectivity index (χ2n) is 5.42. The van der Waals surface area contributed by atoms with Gasteiger partial charge in [-0.05, 0) is 43.9 Å². The van der Waals surface area contributed by atoms with Crippen LogP contribution in [0.15, 0.2) is 18.2 Å². The molecule has 2 rings (SSSR count). The molecule has 0 saturated heterocycles. The Labute approximate surface area is 124 Å². The number of carbonyl (C=O) groups excluding carboxylic acids is 1. The van der Waals surface area contributed by atoms with Crippen LogP contribution in [0.5, 0.6) is 0 Å². The number of amides is 1. The van der Waals surface area contributed by atoms with E-state index in [9.17, 15) is 9.18 Å². The fourth-order valence-corrected chi connectivity index (χ4v) is 2.34. The standard InChI is InChI=1S/C17H20FNO2/c1-12(14-6-4-7-14)19-17(21)15-11-13(5-2-3-10-20)8-9-16(15)18/h8-9,11-12,14,20H,3-4,6-7,10H2,1H3,(H,19,21). The van der Waals surface area contributed by atoms with Gasteiger partial charge in [-0.3, -0.25) is 4.79 Å². The molecule has 0 radical (unpaired) electrons. The van der Waals surface area contributed by atoms with Gasteiger partial charge < -0.3 is 10.4 Å². The lowest BCUT2D eigenvalue weighted by molar-refractivity contribution is 0.0905. The van der Waals surface area contributed by atoms with Crippen LogP contribution in [0.25, 0.3) is 0 Å². The van der Waals surface area contributed by atoms with Crippen LogP contribution in [-0.2, 0) is 0 Å². The van der Waals surface area contributed by atoms with Crippen molar-refractivity contribution in [2.24, 2.45) is 5.92 Å². The number of halogens is 1. The number of aliphatic hydroxyl groups excluding tert-OH is 1. The maximum Gasteiger partial charge on any atom is 0.254 e. The third-order valence-electron chi connectivity index (χ3n) is 3.90. The maximum absolute atomic E-state index is 13.8. The zero-order valence-corrected chi connectivity index (χ0v) is 12.2. The molecule has 1 saturated carbocycles. The van der Waals surface area contributed by atoms with Crippen molar-refractivity contribution in [2.45, 2.75) is 38.6 Å². The van der Waals surface area contributed by atoms with Crippen LogP contribution in [0.1, 0.15) is 48.5 Å². The first kappa shape index (κ1) is 15.5. The van der Waals surface area contributed by atoms with Crippen LogP contribution in [0.3, 0.4) is 0 Å². The topological polar surface area (TPSA) is 49.3 Å². The molecule has 0 aromatic heterocycles. The van der Waals surface area contributed by atoms with Crippen molar-refractivity contribution >= 4 is 5.91 Å². The Hall–Kier alpha value is -1.86. The van der Waals surface area contributed by atoms with Gasteiger partial charge in [-0.15, -0.1) is 0 Å². The van der Waals surface area contributed by atoms with E-state index in [0.717, 1.165) is 12.8 Å². The summed E-state index contributed by atoms with van der Waals surface area (Å²) in [7, 11) is 0. The molecular formula is C17H20FNO2. The molecule has 1 amide bonds. The fraction of sp³-hybridized carbons (Fsp3) is 0.471. The number of nitrogens with one attached hydrogen (secondary N) is 1. The van der Waals surface area contributed by atoms with Crippen molar-refractivity contribution in [1.82, 2.24) is 5.32 Å². The minimum atomic E-state index is -0.541. The van der Waals surface area contributed by atoms with Crippen molar-refractivity contribution in [3.63, 3.8) is 0 Å². The highest BCUT2D eigenvalue weighted by Gasteiger charge is 2.26. The van der Waals surface area contributed by atoms with Crippen molar-refractivity contribution in [3.05, 3.63) is 35.1 Å². The Morgan fingerprint density at radius 1 is 1.52 bits per heavy atom. The summed E-state index contributed by atoms with van der Waals surface area (Å²) in [5, 5.41) is 11.6. The van der Waals surface area contributed by atoms with Gasteiger partial charge in [0.05, 0.1) is 12.2 Å². The number of carbonyl (C=O) groups is 1. The molecule has 0 heterocycles. The molecule has 21 heavy (non-hydrogen) atoms. The maximum atomic E-state index is 13.8. The molecule has 1 fully saturated rings. The van der Waals surface area contributed by atoms with E-state index in [4.69, 9.17) is 5.11 Å². The molecule has 3 nitrogen and oxygen atoms in total. The van der Waals surface area contributed by atoms with Crippen LogP contribution in [-0.4, -0.2) is 23.7 Å². The van der Waals surface area contributed by atoms with Crippen molar-refractivity contribution in [1.29, 1.82) is 0 Å². The van der Waals surface area contributed by atoms with Gasteiger partial charge >= 0.3 is 0 Å². The summed E-state index contributed by atoms with van der Waals surface area (Å²) < 4.78 is 13.8. The molecule has 2 N–H and O–H groups in total. The molecule has 1 aliphatic rings. The smallest absolute Gasteiger partial charge is 0.254 e. The van der Waals surface area contributed by atoms with Crippen molar-refractivity contribution < 1.29 is 14.3 Å². The highest BCUT2D eigenvalue weighted by atomic mass is 19.1. The first-order chi connectivity index (χ1) is 10.1. The molecule has 0 spiro atoms. The van der Waals surface area contributed by atoms with E-state index in [1.165, 1.54) is 24.6 Å². The number of benzene rings is 1. The SMILES string of the molecule is CC(NC(=O)c1cc(C#CCCO)ccc1F)C1CCC1. The lowest BCUT2D eigenvalue weighted by Crippen LogP contribution is -2.41. The summed E-state index contributed by atoms with van der Waals surface area (Å²) in [6.45, 7) is 1.95. The van der Waals surface area contributed by atoms with E-state index >= 15 is 0 Å². The molecule has 1 unspecified atom stereocenters. The number of rotatable bonds is 4. The van der Waals surface area contributed by atoms with Crippen LogP contribution in [0.2, 0.25) is 0 Å². The second kappa shape index (κ2) is 7.24. The summed E-state index contributed by atoms with van der Waals surface area (Å²) in [6, 6.07) is 4.31. The van der Waals surface area contributed by atoms with Gasteiger partial charge in [0.15, 0.2) is 0 Å². The zero-order chi connectivity index (χ0) is 15.2. The molecular weight excluding hydrogens is 269 g/mol. The lowest BCUT2D eigenvalue weighted by atomic mass is 9.80. The molecule has 1 aromatic carbocycles. The minimum absolute atomic E-state index is 0.0135. The predicted octanol–water partition coefficient (Wildman–Crippen LogP) is 2.48. The van der Waals surface area contributed by atoms with Gasteiger partial charge in [-0.2, -0.15) is 0 Å². The van der Waals surface area contributed by atoms with E-state index in [0.29, 0.717) is 17.9 Å². The molecule has 1 atom stereocenters. The Bertz CT molecular complexity index is 570. The molecule has 1 aliphatic carbocycles. The normalized spacial score (nSPS) is 15.6. The van der Waals surface area contributed by atoms with Gasteiger partial charge in [-0.25, -0.2) is 4.39 Å². The van der Waals surface area contributed by atoms with Gasteiger partial charge in [0.2, 0.25) is 0 Å². The van der Waals surface area contributed by atoms with Crippen LogP contribution < -0.4 is 5.32 Å². The van der Waals surface area contributed by atoms with Crippen LogP contribution in [0, 0.1) is 23.6 Å². The monoisotopic (exact) mass is 289 g/mol. The van der Waals surface area contributed by atoms with E-state index in [1.807, 2.05) is 6.92 Å². The van der Waals surface area contributed by atoms with E-state index < -0.39 is 11.7 Å². The minimum Gasteiger partial charge on any atom is -0.395 e. The largest absolute Gasteiger partial charge is 0.395 e. The zero-order valence-electron chi connectivity index (χ0n) is 12.2. The quantitative estimate of drug-likeness (QED) is 0.837. The first-order valence-corrected chi connectivity index (χ1v) is 7.32. The highest BCUT2D eigenvalue weighted by molar-refractivity contribution is 5.95. The summed E-state index contributed by atoms with van der Waals surface area (Å²) in [6.07, 6.45) is 3.81. The third kappa shape index (κ3) is 4.05. The van der Waals surface area contributed by atoms with Gasteiger partial charge in [0.25, 0.3) is 5.91 Å². The summed E-state index contributed by atoms with van der Waals surface area (Å²) in [5.74, 6) is 5.14. The molecule has 1 aromatic rings. The number of hydrogen-bond acceptors (Lipinski definition) is 2. The average molecular weight is 289 g/mol. The molecule has 112 valence electrons. The van der Waals surface area contributed by atoms with Gasteiger partial charge in [-0.1, -0.05) is 18.3 Å². The average Bonchev–Trinajstić information content (AvgIpc) is 2.38. The predicted molar refractivity (Wildman–Crippen MR) is 79.3 cm³/mol. The van der Waals surface area contributed by atoms with Crippen molar-refractivity contribution in [2.75, 3.05) is 6.61 Å². The Morgan fingerprint density at radius 2 is 2.29 bits per heavy atom. The second-order valence-corrected chi connectivity index (χ2v) is 5.42. The van der Waals surface area contributed by atoms with Crippen LogP contribution >= 0.6 is 0 Å². The van der Waals surface area contributed by atoms with E-state index in [-0.39, 0.29) is 18.2 Å². The lowest BCUT2D eigenvalue weighted by Gasteiger charge is -2.31. The molecule has 4 heteroatoms. The fourth-order valence-electron chi connectivity index (χ4n) is 2.34. The number of aliphatic hydroxyl groups is 1. The summed E-state index contributed by atoms with van der Waals surface area (Å²) in [5.41, 5.74) is 0.600. The van der Waals surface area contributed by atoms with Gasteiger partial charge in [0, 0.05) is 18.0 Å². The van der Waals surface area contributed by atoms with Crippen molar-refractivity contribution in [3.8, 4) is 11.8 Å². The Balaban J connectivity index is 2.08. The summed E-state index contributed by atoms with van der Waals surface area (Å²) >= 11 is 0. The Morgan fingerprint density at radius 3 is 2.90 bits per heavy atom. The van der Waals surface area contributed by atoms with E-state index in [2.05, 4.69) is 17.2 Å². The van der Waals surface area contributed by atoms with Crippen LogP contribution in [0.4, 0.5) is 4.39 Å². The van der Waals surface area contributed by atoms with Gasteiger partial charge in [0.1, 0.15) is 5.82 Å². The first-order valence-electron chi connectivity index (χ1n) is 7.32. The molecule has 0 aliphatic heterocycles.